The molecular weight excluding hydrogens is 1240 g/mol. The van der Waals surface area contributed by atoms with Crippen LogP contribution in [0, 0.1) is 0 Å². The first-order chi connectivity index (χ1) is 43.9. The summed E-state index contributed by atoms with van der Waals surface area (Å²) in [5.74, 6) is -14.8. The summed E-state index contributed by atoms with van der Waals surface area (Å²) in [6.45, 7) is 0.508. The number of aromatic hydroxyl groups is 6. The Morgan fingerprint density at radius 1 is 0.630 bits per heavy atom. The van der Waals surface area contributed by atoms with Crippen molar-refractivity contribution < 1.29 is 83.5 Å². The van der Waals surface area contributed by atoms with Crippen LogP contribution in [0.1, 0.15) is 63.6 Å². The van der Waals surface area contributed by atoms with Crippen molar-refractivity contribution in [2.75, 3.05) is 34.2 Å². The van der Waals surface area contributed by atoms with Crippen molar-refractivity contribution in [2.45, 2.75) is 43.1 Å². The van der Waals surface area contributed by atoms with Crippen LogP contribution in [0.4, 0.5) is 0 Å². The fraction of sp³-hybridized carbons (Fsp3) is 0.188. The summed E-state index contributed by atoms with van der Waals surface area (Å²) in [7, 11) is 5.06. The molecule has 13 rings (SSSR count). The SMILES string of the molecule is CNC1C(=O)N[C@H]2Cc3ccc(cc3)Oc3cc4cc(c3O)Oc3ccc(cc3Cl)C(O)[C@H]3NC(=O)[C@@H](NC(=O)C4=NC(=O)C(=NC2=O)c2cc(cc(O)c2Cl)Oc2cc1ccc2O)c1ccc(O)c(c1)-c1c(O)cc(O)cc1C(C(=O)NCCCN(C)C)=NC3=O. The van der Waals surface area contributed by atoms with Gasteiger partial charge in [-0.2, -0.15) is 0 Å². The van der Waals surface area contributed by atoms with Crippen molar-refractivity contribution in [3.8, 4) is 80.1 Å². The van der Waals surface area contributed by atoms with E-state index in [-0.39, 0.29) is 63.2 Å². The van der Waals surface area contributed by atoms with Gasteiger partial charge < -0.3 is 81.4 Å². The summed E-state index contributed by atoms with van der Waals surface area (Å²) < 4.78 is 18.5. The van der Waals surface area contributed by atoms with Crippen LogP contribution in [0.15, 0.2) is 130 Å². The van der Waals surface area contributed by atoms with Gasteiger partial charge in [0.2, 0.25) is 17.6 Å². The predicted molar refractivity (Wildman–Crippen MR) is 330 cm³/mol. The monoisotopic (exact) mass is 1290 g/mol. The van der Waals surface area contributed by atoms with Crippen LogP contribution in [-0.4, -0.2) is 145 Å². The Labute approximate surface area is 531 Å². The number of amides is 7. The third-order valence-electron chi connectivity index (χ3n) is 15.2. The third kappa shape index (κ3) is 12.7. The highest BCUT2D eigenvalue weighted by Gasteiger charge is 2.39. The van der Waals surface area contributed by atoms with E-state index in [2.05, 4.69) is 41.6 Å². The number of hydrogen-bond donors (Lipinski definition) is 12. The number of aliphatic hydroxyl groups is 1. The number of carbonyl (C=O) groups excluding carboxylic acids is 7. The Morgan fingerprint density at radius 3 is 2.07 bits per heavy atom. The maximum absolute atomic E-state index is 15.8. The summed E-state index contributed by atoms with van der Waals surface area (Å²) in [6.07, 6.45) is -2.06. The molecule has 2 unspecified atom stereocenters. The highest BCUT2D eigenvalue weighted by molar-refractivity contribution is 6.55. The Balaban J connectivity index is 1.17. The molecule has 5 atom stereocenters. The molecule has 6 heterocycles. The van der Waals surface area contributed by atoms with Gasteiger partial charge in [0.25, 0.3) is 29.5 Å². The summed E-state index contributed by atoms with van der Waals surface area (Å²) in [4.78, 5) is 120. The zero-order valence-corrected chi connectivity index (χ0v) is 50.0. The number of rotatable bonds is 6. The minimum absolute atomic E-state index is 0.00741. The average Bonchev–Trinajstić information content (AvgIpc) is 0.802. The lowest BCUT2D eigenvalue weighted by molar-refractivity contribution is -0.132. The first-order valence-corrected chi connectivity index (χ1v) is 28.8. The second-order valence-electron chi connectivity index (χ2n) is 21.8. The van der Waals surface area contributed by atoms with E-state index in [9.17, 15) is 54.9 Å². The molecule has 6 aliphatic heterocycles. The lowest BCUT2D eigenvalue weighted by Crippen LogP contribution is -2.50. The number of halogens is 2. The molecule has 92 heavy (non-hydrogen) atoms. The van der Waals surface area contributed by atoms with E-state index in [4.69, 9.17) is 37.4 Å². The van der Waals surface area contributed by atoms with E-state index in [1.807, 2.05) is 4.90 Å². The normalized spacial score (nSPS) is 18.9. The molecule has 0 aliphatic carbocycles. The Morgan fingerprint density at radius 2 is 1.34 bits per heavy atom. The Bertz CT molecular complexity index is 4380. The van der Waals surface area contributed by atoms with Gasteiger partial charge in [-0.15, -0.1) is 0 Å². The number of fused-ring (bicyclic) bond motifs is 14. The van der Waals surface area contributed by atoms with Gasteiger partial charge >= 0.3 is 0 Å². The van der Waals surface area contributed by atoms with Gasteiger partial charge in [-0.05, 0) is 129 Å². The van der Waals surface area contributed by atoms with Gasteiger partial charge in [0.1, 0.15) is 87.7 Å². The topological polar surface area (TPSA) is 389 Å². The number of aliphatic hydroxyl groups excluding tert-OH is 1. The van der Waals surface area contributed by atoms with Crippen LogP contribution in [0.5, 0.6) is 69.0 Å². The van der Waals surface area contributed by atoms with Crippen molar-refractivity contribution >= 4 is 81.7 Å². The number of hydrogen-bond acceptors (Lipinski definition) is 19. The van der Waals surface area contributed by atoms with Gasteiger partial charge in [-0.25, -0.2) is 15.0 Å². The van der Waals surface area contributed by atoms with Crippen molar-refractivity contribution in [3.05, 3.63) is 164 Å². The lowest BCUT2D eigenvalue weighted by Gasteiger charge is -2.27. The van der Waals surface area contributed by atoms with E-state index >= 15 is 14.4 Å². The Kier molecular flexibility index (Phi) is 17.4. The molecule has 28 heteroatoms. The minimum Gasteiger partial charge on any atom is -0.508 e. The number of ether oxygens (including phenoxy) is 3. The third-order valence-corrected chi connectivity index (χ3v) is 15.9. The number of nitrogens with zero attached hydrogens (tertiary/aromatic N) is 4. The largest absolute Gasteiger partial charge is 0.508 e. The first kappa shape index (κ1) is 62.7. The van der Waals surface area contributed by atoms with Gasteiger partial charge in [0.05, 0.1) is 10.0 Å². The highest BCUT2D eigenvalue weighted by atomic mass is 35.5. The van der Waals surface area contributed by atoms with Gasteiger partial charge in [-0.1, -0.05) is 53.5 Å². The number of carbonyl (C=O) groups is 7. The summed E-state index contributed by atoms with van der Waals surface area (Å²) in [5.41, 5.74) is -4.89. The fourth-order valence-corrected chi connectivity index (χ4v) is 11.0. The summed E-state index contributed by atoms with van der Waals surface area (Å²) in [6, 6.07) is 15.5. The molecule has 7 amide bonds. The van der Waals surface area contributed by atoms with Crippen LogP contribution in [0.25, 0.3) is 11.1 Å². The van der Waals surface area contributed by atoms with Crippen LogP contribution in [0.3, 0.4) is 0 Å². The molecular formula is C64H53Cl2N9O17. The maximum atomic E-state index is 15.8. The lowest BCUT2D eigenvalue weighted by atomic mass is 9.90. The zero-order chi connectivity index (χ0) is 65.6. The van der Waals surface area contributed by atoms with Crippen LogP contribution < -0.4 is 40.8 Å². The second-order valence-corrected chi connectivity index (χ2v) is 22.5. The van der Waals surface area contributed by atoms with Crippen LogP contribution >= 0.6 is 23.2 Å². The molecule has 7 aromatic carbocycles. The molecule has 12 N–H and O–H groups in total. The molecule has 0 aromatic heterocycles. The summed E-state index contributed by atoms with van der Waals surface area (Å²) in [5, 5.41) is 93.5. The standard InChI is InChI=1S/C64H53Cl2N9O17/c1-67-50-29-8-13-41(78)45(20-29)91-34-25-37(49(66)43(80)26-34)54-63(88)71-52-31-21-46(90-33-10-5-27(6-11-33)17-39(58(83)72-54)69-60(50)85)57(82)47(22-31)92-44-14-9-30(19-38(44)65)56(81)55-64(89)73-53(59(84)68-15-4-16-75(2)3)36-23-32(76)24-42(79)48(36)35-18-28(7-12-40(35)77)51(61(86)74-55)70-62(52)87/h5-14,18-26,39,50-51,55-56,67,76-82H,4,15-17H2,1-3H3,(H,68,84)(H,69,85)(H,70,87)(H,74,86)/t39-,50?,51-,55+,56?/m0/s1. The predicted octanol–water partition coefficient (Wildman–Crippen LogP) is 5.70. The molecule has 0 saturated heterocycles. The molecule has 0 radical (unpaired) electrons. The van der Waals surface area contributed by atoms with Gasteiger partial charge in [0.15, 0.2) is 23.0 Å². The number of phenols is 6. The molecule has 0 saturated carbocycles. The zero-order valence-electron chi connectivity index (χ0n) is 48.4. The minimum atomic E-state index is -2.22. The molecule has 6 aliphatic rings. The molecule has 26 nitrogen and oxygen atoms in total. The number of likely N-dealkylation sites (N-methyl/N-ethyl adjacent to an activating group) is 1. The van der Waals surface area contributed by atoms with Gasteiger partial charge in [0, 0.05) is 52.9 Å². The highest BCUT2D eigenvalue weighted by Crippen LogP contribution is 2.46. The van der Waals surface area contributed by atoms with E-state index in [0.29, 0.717) is 18.5 Å². The quantitative estimate of drug-likeness (QED) is 0.0888. The van der Waals surface area contributed by atoms with Crippen LogP contribution in [-0.2, 0) is 40.0 Å². The number of phenolic OH excluding ortho intramolecular Hbond substituents is 6. The van der Waals surface area contributed by atoms with Crippen molar-refractivity contribution in [1.29, 1.82) is 0 Å². The van der Waals surface area contributed by atoms with Gasteiger partial charge in [-0.3, -0.25) is 33.6 Å². The van der Waals surface area contributed by atoms with E-state index in [1.165, 1.54) is 61.6 Å². The molecule has 7 aromatic rings. The average molecular weight is 1290 g/mol. The molecule has 0 fully saturated rings. The number of benzene rings is 7. The van der Waals surface area contributed by atoms with Crippen LogP contribution in [0.2, 0.25) is 10.0 Å². The number of nitrogens with one attached hydrogen (secondary N) is 5. The maximum Gasteiger partial charge on any atom is 0.297 e. The van der Waals surface area contributed by atoms with E-state index in [0.717, 1.165) is 60.7 Å². The van der Waals surface area contributed by atoms with E-state index in [1.54, 1.807) is 14.1 Å². The van der Waals surface area contributed by atoms with Crippen molar-refractivity contribution in [1.82, 2.24) is 31.5 Å². The number of aliphatic imine (C=N–C) groups is 3. The Hall–Kier alpha value is -10.9. The van der Waals surface area contributed by atoms with E-state index < -0.39 is 162 Å². The second kappa shape index (κ2) is 25.5. The van der Waals surface area contributed by atoms with Crippen molar-refractivity contribution in [3.63, 3.8) is 0 Å². The smallest absolute Gasteiger partial charge is 0.297 e. The molecule has 17 bridgehead atoms. The fourth-order valence-electron chi connectivity index (χ4n) is 10.6. The van der Waals surface area contributed by atoms with Crippen molar-refractivity contribution in [2.24, 2.45) is 15.0 Å². The molecule has 470 valence electrons. The summed E-state index contributed by atoms with van der Waals surface area (Å²) >= 11 is 13.7. The molecule has 0 spiro atoms. The first-order valence-electron chi connectivity index (χ1n) is 28.1.